The molecule has 0 fully saturated rings. The molecule has 0 aliphatic carbocycles. The predicted molar refractivity (Wildman–Crippen MR) is 29.5 cm³/mol. The Morgan fingerprint density at radius 3 is 2.86 bits per heavy atom. The second-order valence-corrected chi connectivity index (χ2v) is 0.928. The van der Waals surface area contributed by atoms with E-state index in [1.165, 1.54) is 12.5 Å². The van der Waals surface area contributed by atoms with Gasteiger partial charge in [0.05, 0.1) is 6.26 Å². The van der Waals surface area contributed by atoms with Crippen LogP contribution in [0.15, 0.2) is 25.1 Å². The van der Waals surface area contributed by atoms with E-state index in [0.29, 0.717) is 6.61 Å². The van der Waals surface area contributed by atoms with E-state index < -0.39 is 0 Å². The number of hydrogen-bond acceptors (Lipinski definition) is 2. The molecule has 0 bridgehead atoms. The Morgan fingerprint density at radius 1 is 1.71 bits per heavy atom. The zero-order valence-corrected chi connectivity index (χ0v) is 4.13. The maximum absolute atomic E-state index is 4.97. The third-order valence-electron chi connectivity index (χ3n) is 0.446. The maximum Gasteiger partial charge on any atom is 0.107 e. The van der Waals surface area contributed by atoms with Gasteiger partial charge in [0.1, 0.15) is 6.61 Å². The van der Waals surface area contributed by atoms with Crippen molar-refractivity contribution in [3.05, 3.63) is 25.1 Å². The molecule has 2 nitrogen and oxygen atoms in total. The van der Waals surface area contributed by atoms with E-state index in [4.69, 9.17) is 5.73 Å². The number of ether oxygens (including phenoxy) is 1. The summed E-state index contributed by atoms with van der Waals surface area (Å²) in [6, 6.07) is 0. The molecule has 0 atom stereocenters. The van der Waals surface area contributed by atoms with Gasteiger partial charge in [0.25, 0.3) is 0 Å². The minimum Gasteiger partial charge on any atom is -0.498 e. The minimum atomic E-state index is 0.514. The molecule has 7 heavy (non-hydrogen) atoms. The number of nitrogens with two attached hydrogens (primary N) is 1. The lowest BCUT2D eigenvalue weighted by Crippen LogP contribution is -1.82. The SMILES string of the molecule is C=COC/C=C\N. The van der Waals surface area contributed by atoms with Gasteiger partial charge in [0, 0.05) is 0 Å². The third-order valence-corrected chi connectivity index (χ3v) is 0.446. The van der Waals surface area contributed by atoms with Gasteiger partial charge in [-0.1, -0.05) is 6.58 Å². The molecule has 0 radical (unpaired) electrons. The Morgan fingerprint density at radius 2 is 2.43 bits per heavy atom. The first kappa shape index (κ1) is 6.08. The van der Waals surface area contributed by atoms with E-state index in [-0.39, 0.29) is 0 Å². The molecule has 0 saturated carbocycles. The second kappa shape index (κ2) is 5.08. The van der Waals surface area contributed by atoms with Crippen molar-refractivity contribution >= 4 is 0 Å². The summed E-state index contributed by atoms with van der Waals surface area (Å²) in [5.74, 6) is 0. The van der Waals surface area contributed by atoms with Gasteiger partial charge in [-0.15, -0.1) is 0 Å². The molecule has 0 aromatic rings. The summed E-state index contributed by atoms with van der Waals surface area (Å²) in [7, 11) is 0. The Kier molecular flexibility index (Phi) is 4.41. The van der Waals surface area contributed by atoms with Crippen LogP contribution in [-0.4, -0.2) is 6.61 Å². The normalized spacial score (nSPS) is 9.14. The molecule has 0 unspecified atom stereocenters. The van der Waals surface area contributed by atoms with Gasteiger partial charge in [-0.3, -0.25) is 0 Å². The first-order chi connectivity index (χ1) is 3.41. The summed E-state index contributed by atoms with van der Waals surface area (Å²) in [6.07, 6.45) is 4.51. The van der Waals surface area contributed by atoms with Crippen LogP contribution < -0.4 is 5.73 Å². The fourth-order valence-corrected chi connectivity index (χ4v) is 0.179. The summed E-state index contributed by atoms with van der Waals surface area (Å²) in [5, 5.41) is 0. The van der Waals surface area contributed by atoms with Gasteiger partial charge >= 0.3 is 0 Å². The molecule has 40 valence electrons. The molecule has 0 rings (SSSR count). The molecule has 2 heteroatoms. The summed E-state index contributed by atoms with van der Waals surface area (Å²) < 4.78 is 4.67. The average molecular weight is 99.1 g/mol. The van der Waals surface area contributed by atoms with E-state index in [1.807, 2.05) is 0 Å². The number of hydrogen-bond donors (Lipinski definition) is 1. The van der Waals surface area contributed by atoms with Crippen molar-refractivity contribution in [1.82, 2.24) is 0 Å². The molecule has 0 heterocycles. The zero-order valence-electron chi connectivity index (χ0n) is 4.13. The largest absolute Gasteiger partial charge is 0.498 e. The van der Waals surface area contributed by atoms with Crippen molar-refractivity contribution in [2.24, 2.45) is 5.73 Å². The fraction of sp³-hybridized carbons (Fsp3) is 0.200. The van der Waals surface area contributed by atoms with Gasteiger partial charge in [-0.05, 0) is 12.3 Å². The Bertz CT molecular complexity index is 68.5. The monoisotopic (exact) mass is 99.1 g/mol. The molecular weight excluding hydrogens is 90.1 g/mol. The van der Waals surface area contributed by atoms with Gasteiger partial charge < -0.3 is 10.5 Å². The highest BCUT2D eigenvalue weighted by Gasteiger charge is 1.65. The van der Waals surface area contributed by atoms with E-state index in [1.54, 1.807) is 6.08 Å². The van der Waals surface area contributed by atoms with Crippen LogP contribution in [0.3, 0.4) is 0 Å². The van der Waals surface area contributed by atoms with E-state index >= 15 is 0 Å². The van der Waals surface area contributed by atoms with Gasteiger partial charge in [0.15, 0.2) is 0 Å². The van der Waals surface area contributed by atoms with Crippen molar-refractivity contribution in [2.75, 3.05) is 6.61 Å². The molecule has 0 spiro atoms. The third kappa shape index (κ3) is 5.08. The van der Waals surface area contributed by atoms with Gasteiger partial charge in [-0.25, -0.2) is 0 Å². The zero-order chi connectivity index (χ0) is 5.54. The standard InChI is InChI=1S/C5H9NO/c1-2-7-5-3-4-6/h2-4H,1,5-6H2/b4-3-. The van der Waals surface area contributed by atoms with Crippen LogP contribution in [0.2, 0.25) is 0 Å². The average Bonchev–Trinajstić information content (AvgIpc) is 1.69. The van der Waals surface area contributed by atoms with Crippen LogP contribution in [0.5, 0.6) is 0 Å². The van der Waals surface area contributed by atoms with Crippen molar-refractivity contribution in [3.63, 3.8) is 0 Å². The first-order valence-corrected chi connectivity index (χ1v) is 2.01. The highest BCUT2D eigenvalue weighted by molar-refractivity contribution is 4.75. The van der Waals surface area contributed by atoms with Crippen LogP contribution in [0.4, 0.5) is 0 Å². The Balaban J connectivity index is 2.82. The lowest BCUT2D eigenvalue weighted by atomic mass is 10.7. The summed E-state index contributed by atoms with van der Waals surface area (Å²) in [5.41, 5.74) is 4.97. The van der Waals surface area contributed by atoms with Gasteiger partial charge in [0.2, 0.25) is 0 Å². The van der Waals surface area contributed by atoms with Crippen LogP contribution in [0, 0.1) is 0 Å². The molecule has 0 aliphatic rings. The van der Waals surface area contributed by atoms with Crippen LogP contribution in [0.1, 0.15) is 0 Å². The number of rotatable bonds is 3. The van der Waals surface area contributed by atoms with E-state index in [0.717, 1.165) is 0 Å². The predicted octanol–water partition coefficient (Wildman–Crippen LogP) is 0.619. The molecule has 0 aliphatic heterocycles. The Labute approximate surface area is 43.3 Å². The van der Waals surface area contributed by atoms with Crippen LogP contribution in [-0.2, 0) is 4.74 Å². The molecule has 0 amide bonds. The summed E-state index contributed by atoms with van der Waals surface area (Å²) in [6.45, 7) is 3.85. The minimum absolute atomic E-state index is 0.514. The van der Waals surface area contributed by atoms with Gasteiger partial charge in [-0.2, -0.15) is 0 Å². The molecular formula is C5H9NO. The molecule has 0 aromatic carbocycles. The lowest BCUT2D eigenvalue weighted by molar-refractivity contribution is 0.291. The van der Waals surface area contributed by atoms with Crippen molar-refractivity contribution in [2.45, 2.75) is 0 Å². The fourth-order valence-electron chi connectivity index (χ4n) is 0.179. The first-order valence-electron chi connectivity index (χ1n) is 2.01. The molecule has 0 saturated heterocycles. The lowest BCUT2D eigenvalue weighted by Gasteiger charge is -1.87. The highest BCUT2D eigenvalue weighted by atomic mass is 16.5. The van der Waals surface area contributed by atoms with Crippen molar-refractivity contribution in [1.29, 1.82) is 0 Å². The van der Waals surface area contributed by atoms with Crippen LogP contribution in [0.25, 0.3) is 0 Å². The quantitative estimate of drug-likeness (QED) is 0.416. The Hall–Kier alpha value is -0.920. The summed E-state index contributed by atoms with van der Waals surface area (Å²) >= 11 is 0. The maximum atomic E-state index is 4.97. The summed E-state index contributed by atoms with van der Waals surface area (Å²) in [4.78, 5) is 0. The second-order valence-electron chi connectivity index (χ2n) is 0.928. The molecule has 0 aromatic heterocycles. The van der Waals surface area contributed by atoms with Crippen molar-refractivity contribution in [3.8, 4) is 0 Å². The highest BCUT2D eigenvalue weighted by Crippen LogP contribution is 1.71. The molecule has 2 N–H and O–H groups in total. The van der Waals surface area contributed by atoms with Crippen molar-refractivity contribution < 1.29 is 4.74 Å². The van der Waals surface area contributed by atoms with E-state index in [9.17, 15) is 0 Å². The topological polar surface area (TPSA) is 35.2 Å². The smallest absolute Gasteiger partial charge is 0.107 e. The van der Waals surface area contributed by atoms with Crippen LogP contribution >= 0.6 is 0 Å². The van der Waals surface area contributed by atoms with E-state index in [2.05, 4.69) is 11.3 Å².